The van der Waals surface area contributed by atoms with E-state index in [2.05, 4.69) is 22.6 Å². The first-order valence-corrected chi connectivity index (χ1v) is 8.22. The number of nitrogens with zero attached hydrogens (tertiary/aromatic N) is 1. The lowest BCUT2D eigenvalue weighted by molar-refractivity contribution is 0.102. The molecule has 0 radical (unpaired) electrons. The van der Waals surface area contributed by atoms with Crippen molar-refractivity contribution in [3.05, 3.63) is 59.9 Å². The molecule has 1 heterocycles. The Kier molecular flexibility index (Phi) is 6.79. The number of benzene rings is 2. The van der Waals surface area contributed by atoms with Crippen LogP contribution in [0.25, 0.3) is 0 Å². The summed E-state index contributed by atoms with van der Waals surface area (Å²) in [6.07, 6.45) is 2.23. The Bertz CT molecular complexity index is 700. The van der Waals surface area contributed by atoms with E-state index in [1.807, 2.05) is 24.3 Å². The lowest BCUT2D eigenvalue weighted by atomic mass is 10.1. The number of halogens is 2. The Morgan fingerprint density at radius 3 is 2.40 bits per heavy atom. The lowest BCUT2D eigenvalue weighted by Crippen LogP contribution is -2.36. The second-order valence-corrected chi connectivity index (χ2v) is 6.26. The second kappa shape index (κ2) is 8.83. The van der Waals surface area contributed by atoms with Crippen LogP contribution in [0.15, 0.2) is 48.5 Å². The zero-order valence-corrected chi connectivity index (χ0v) is 15.0. The summed E-state index contributed by atoms with van der Waals surface area (Å²) in [5.74, 6) is -0.595. The molecule has 0 aromatic heterocycles. The van der Waals surface area contributed by atoms with E-state index in [1.165, 1.54) is 24.3 Å². The molecule has 3 rings (SSSR count). The summed E-state index contributed by atoms with van der Waals surface area (Å²) < 4.78 is 12.9. The normalized spacial score (nSPS) is 15.3. The molecule has 134 valence electrons. The summed E-state index contributed by atoms with van der Waals surface area (Å²) in [7, 11) is 2.14. The SMILES string of the molecule is CN1CCC(Nc2cccc(NC(=O)c3ccc(F)cc3)c2)CC1.Cl. The maximum Gasteiger partial charge on any atom is 0.255 e. The van der Waals surface area contributed by atoms with Crippen molar-refractivity contribution in [1.29, 1.82) is 0 Å². The number of nitrogens with one attached hydrogen (secondary N) is 2. The third-order valence-electron chi connectivity index (χ3n) is 4.32. The van der Waals surface area contributed by atoms with Crippen LogP contribution in [-0.2, 0) is 0 Å². The molecule has 4 nitrogen and oxygen atoms in total. The molecule has 1 aliphatic rings. The van der Waals surface area contributed by atoms with Gasteiger partial charge in [0.25, 0.3) is 5.91 Å². The predicted molar refractivity (Wildman–Crippen MR) is 102 cm³/mol. The molecule has 25 heavy (non-hydrogen) atoms. The van der Waals surface area contributed by atoms with Crippen molar-refractivity contribution in [3.63, 3.8) is 0 Å². The minimum absolute atomic E-state index is 0. The Morgan fingerprint density at radius 2 is 1.72 bits per heavy atom. The number of hydrogen-bond acceptors (Lipinski definition) is 3. The topological polar surface area (TPSA) is 44.4 Å². The van der Waals surface area contributed by atoms with Gasteiger partial charge in [0.1, 0.15) is 5.82 Å². The zero-order valence-electron chi connectivity index (χ0n) is 14.2. The first-order chi connectivity index (χ1) is 11.6. The summed E-state index contributed by atoms with van der Waals surface area (Å²) >= 11 is 0. The Balaban J connectivity index is 0.00000225. The molecule has 1 aliphatic heterocycles. The highest BCUT2D eigenvalue weighted by Crippen LogP contribution is 2.20. The number of carbonyl (C=O) groups is 1. The number of piperidine rings is 1. The fourth-order valence-corrected chi connectivity index (χ4v) is 2.88. The van der Waals surface area contributed by atoms with E-state index in [9.17, 15) is 9.18 Å². The van der Waals surface area contributed by atoms with Gasteiger partial charge in [-0.3, -0.25) is 4.79 Å². The highest BCUT2D eigenvalue weighted by molar-refractivity contribution is 6.04. The molecule has 2 aromatic carbocycles. The summed E-state index contributed by atoms with van der Waals surface area (Å²) in [5, 5.41) is 6.39. The van der Waals surface area contributed by atoms with Crippen LogP contribution in [0.3, 0.4) is 0 Å². The summed E-state index contributed by atoms with van der Waals surface area (Å²) in [4.78, 5) is 14.5. The maximum absolute atomic E-state index is 12.9. The molecule has 2 aromatic rings. The molecule has 0 aliphatic carbocycles. The number of rotatable bonds is 4. The molecule has 0 saturated carbocycles. The van der Waals surface area contributed by atoms with Crippen LogP contribution in [0.1, 0.15) is 23.2 Å². The van der Waals surface area contributed by atoms with Crippen molar-refractivity contribution < 1.29 is 9.18 Å². The molecule has 0 atom stereocenters. The molecule has 1 saturated heterocycles. The lowest BCUT2D eigenvalue weighted by Gasteiger charge is -2.30. The fourth-order valence-electron chi connectivity index (χ4n) is 2.88. The highest BCUT2D eigenvalue weighted by atomic mass is 35.5. The van der Waals surface area contributed by atoms with Crippen LogP contribution < -0.4 is 10.6 Å². The van der Waals surface area contributed by atoms with E-state index in [1.54, 1.807) is 0 Å². The average Bonchev–Trinajstić information content (AvgIpc) is 2.58. The van der Waals surface area contributed by atoms with Crippen LogP contribution in [-0.4, -0.2) is 37.0 Å². The van der Waals surface area contributed by atoms with Crippen LogP contribution in [0.4, 0.5) is 15.8 Å². The van der Waals surface area contributed by atoms with Gasteiger partial charge in [0.15, 0.2) is 0 Å². The van der Waals surface area contributed by atoms with Crippen molar-refractivity contribution in [2.75, 3.05) is 30.8 Å². The summed E-state index contributed by atoms with van der Waals surface area (Å²) in [6.45, 7) is 2.19. The molecule has 0 bridgehead atoms. The predicted octanol–water partition coefficient (Wildman–Crippen LogP) is 4.01. The Labute approximate surface area is 153 Å². The van der Waals surface area contributed by atoms with Gasteiger partial charge >= 0.3 is 0 Å². The van der Waals surface area contributed by atoms with E-state index in [4.69, 9.17) is 0 Å². The minimum Gasteiger partial charge on any atom is -0.382 e. The van der Waals surface area contributed by atoms with Gasteiger partial charge in [-0.1, -0.05) is 6.07 Å². The van der Waals surface area contributed by atoms with Gasteiger partial charge in [-0.25, -0.2) is 4.39 Å². The van der Waals surface area contributed by atoms with Crippen molar-refractivity contribution in [2.24, 2.45) is 0 Å². The third kappa shape index (κ3) is 5.44. The number of amides is 1. The first kappa shape index (κ1) is 19.2. The zero-order chi connectivity index (χ0) is 16.9. The monoisotopic (exact) mass is 363 g/mol. The molecule has 0 spiro atoms. The largest absolute Gasteiger partial charge is 0.382 e. The van der Waals surface area contributed by atoms with Crippen molar-refractivity contribution >= 4 is 29.7 Å². The van der Waals surface area contributed by atoms with Gasteiger partial charge in [-0.15, -0.1) is 12.4 Å². The molecular formula is C19H23ClFN3O. The molecule has 6 heteroatoms. The molecule has 0 unspecified atom stereocenters. The summed E-state index contributed by atoms with van der Waals surface area (Å²) in [5.41, 5.74) is 2.16. The van der Waals surface area contributed by atoms with Crippen LogP contribution >= 0.6 is 12.4 Å². The first-order valence-electron chi connectivity index (χ1n) is 8.22. The minimum atomic E-state index is -0.351. The van der Waals surface area contributed by atoms with Crippen LogP contribution in [0.2, 0.25) is 0 Å². The van der Waals surface area contributed by atoms with Crippen molar-refractivity contribution in [3.8, 4) is 0 Å². The number of likely N-dealkylation sites (tertiary alicyclic amines) is 1. The summed E-state index contributed by atoms with van der Waals surface area (Å²) in [6, 6.07) is 13.7. The second-order valence-electron chi connectivity index (χ2n) is 6.26. The third-order valence-corrected chi connectivity index (χ3v) is 4.32. The van der Waals surface area contributed by atoms with E-state index in [-0.39, 0.29) is 24.1 Å². The molecule has 1 fully saturated rings. The van der Waals surface area contributed by atoms with Gasteiger partial charge < -0.3 is 15.5 Å². The van der Waals surface area contributed by atoms with Crippen molar-refractivity contribution in [2.45, 2.75) is 18.9 Å². The van der Waals surface area contributed by atoms with E-state index in [0.717, 1.165) is 37.3 Å². The maximum atomic E-state index is 12.9. The number of anilines is 2. The van der Waals surface area contributed by atoms with Gasteiger partial charge in [-0.2, -0.15) is 0 Å². The van der Waals surface area contributed by atoms with E-state index in [0.29, 0.717) is 11.6 Å². The standard InChI is InChI=1S/C19H22FN3O.ClH/c1-23-11-9-16(10-12-23)21-17-3-2-4-18(13-17)22-19(24)14-5-7-15(20)8-6-14;/h2-8,13,16,21H,9-12H2,1H3,(H,22,24);1H. The Morgan fingerprint density at radius 1 is 1.08 bits per heavy atom. The van der Waals surface area contributed by atoms with Gasteiger partial charge in [0.2, 0.25) is 0 Å². The van der Waals surface area contributed by atoms with Gasteiger partial charge in [0.05, 0.1) is 0 Å². The number of hydrogen-bond donors (Lipinski definition) is 2. The average molecular weight is 364 g/mol. The van der Waals surface area contributed by atoms with Crippen molar-refractivity contribution in [1.82, 2.24) is 4.90 Å². The molecule has 2 N–H and O–H groups in total. The molecule has 1 amide bonds. The highest BCUT2D eigenvalue weighted by Gasteiger charge is 2.16. The number of carbonyl (C=O) groups excluding carboxylic acids is 1. The fraction of sp³-hybridized carbons (Fsp3) is 0.316. The van der Waals surface area contributed by atoms with Gasteiger partial charge in [0, 0.05) is 23.0 Å². The van der Waals surface area contributed by atoms with E-state index >= 15 is 0 Å². The Hall–Kier alpha value is -2.11. The quantitative estimate of drug-likeness (QED) is 0.862. The van der Waals surface area contributed by atoms with Gasteiger partial charge in [-0.05, 0) is 75.4 Å². The van der Waals surface area contributed by atoms with Crippen LogP contribution in [0, 0.1) is 5.82 Å². The smallest absolute Gasteiger partial charge is 0.255 e. The molecular weight excluding hydrogens is 341 g/mol. The van der Waals surface area contributed by atoms with Crippen LogP contribution in [0.5, 0.6) is 0 Å². The van der Waals surface area contributed by atoms with E-state index < -0.39 is 0 Å².